The Morgan fingerprint density at radius 2 is 2.06 bits per heavy atom. The van der Waals surface area contributed by atoms with Crippen molar-refractivity contribution in [2.45, 2.75) is 44.6 Å². The molecular weight excluding hydrogens is 222 g/mol. The minimum atomic E-state index is 0.220. The number of likely N-dealkylation sites (tertiary alicyclic amines) is 1. The quantitative estimate of drug-likeness (QED) is 0.759. The van der Waals surface area contributed by atoms with E-state index in [1.54, 1.807) is 0 Å². The lowest BCUT2D eigenvalue weighted by Crippen LogP contribution is -2.57. The van der Waals surface area contributed by atoms with Gasteiger partial charge in [0.05, 0.1) is 0 Å². The lowest BCUT2D eigenvalue weighted by molar-refractivity contribution is 0.0350. The number of aromatic hydroxyl groups is 1. The zero-order valence-electron chi connectivity index (χ0n) is 11.8. The molecule has 1 aromatic rings. The molecule has 1 fully saturated rings. The maximum atomic E-state index is 9.81. The van der Waals surface area contributed by atoms with Crippen LogP contribution in [0, 0.1) is 5.92 Å². The van der Waals surface area contributed by atoms with Crippen LogP contribution in [0.15, 0.2) is 18.2 Å². The van der Waals surface area contributed by atoms with Crippen LogP contribution in [0.25, 0.3) is 0 Å². The molecule has 1 heterocycles. The van der Waals surface area contributed by atoms with Gasteiger partial charge in [0.2, 0.25) is 0 Å². The molecule has 18 heavy (non-hydrogen) atoms. The second-order valence-electron chi connectivity index (χ2n) is 6.49. The minimum Gasteiger partial charge on any atom is -0.508 e. The van der Waals surface area contributed by atoms with E-state index in [0.29, 0.717) is 23.6 Å². The largest absolute Gasteiger partial charge is 0.508 e. The molecule has 0 aromatic heterocycles. The third-order valence-corrected chi connectivity index (χ3v) is 5.67. The number of hydrogen-bond acceptors (Lipinski definition) is 2. The number of hydrogen-bond donors (Lipinski definition) is 1. The number of likely N-dealkylation sites (N-methyl/N-ethyl adjacent to an activating group) is 1. The lowest BCUT2D eigenvalue weighted by Gasteiger charge is -2.56. The van der Waals surface area contributed by atoms with Crippen molar-refractivity contribution in [2.24, 2.45) is 5.92 Å². The van der Waals surface area contributed by atoms with E-state index in [4.69, 9.17) is 0 Å². The molecule has 3 rings (SSSR count). The Bertz CT molecular complexity index is 484. The van der Waals surface area contributed by atoms with E-state index in [-0.39, 0.29) is 5.41 Å². The summed E-state index contributed by atoms with van der Waals surface area (Å²) >= 11 is 0. The first-order valence-corrected chi connectivity index (χ1v) is 6.99. The molecule has 0 radical (unpaired) electrons. The van der Waals surface area contributed by atoms with Crippen LogP contribution in [0.2, 0.25) is 0 Å². The summed E-state index contributed by atoms with van der Waals surface area (Å²) in [7, 11) is 2.25. The molecular formula is C16H23NO. The summed E-state index contributed by atoms with van der Waals surface area (Å²) in [6.45, 7) is 8.25. The Hall–Kier alpha value is -1.02. The molecule has 2 nitrogen and oxygen atoms in total. The number of phenolic OH excluding ortho intramolecular Hbond substituents is 1. The first-order valence-electron chi connectivity index (χ1n) is 6.99. The van der Waals surface area contributed by atoms with Gasteiger partial charge in [-0.05, 0) is 60.5 Å². The van der Waals surface area contributed by atoms with Gasteiger partial charge in [0.15, 0.2) is 0 Å². The number of piperidine rings is 1. The highest BCUT2D eigenvalue weighted by molar-refractivity contribution is 5.46. The Kier molecular flexibility index (Phi) is 2.50. The molecule has 1 aliphatic heterocycles. The first-order chi connectivity index (χ1) is 8.45. The number of fused-ring (bicyclic) bond motifs is 4. The molecule has 0 saturated carbocycles. The van der Waals surface area contributed by atoms with Gasteiger partial charge in [0.1, 0.15) is 5.75 Å². The standard InChI is InChI=1S/C16H23NO/c1-10-13-6-5-12(18)9-14(13)16(3)7-8-17(4)15(10)11(16)2/h5-6,9-11,15,18H,7-8H2,1-4H3/t10-,11+,15-,16+/m1/s1. The number of benzene rings is 1. The fourth-order valence-corrected chi connectivity index (χ4v) is 4.36. The van der Waals surface area contributed by atoms with E-state index in [2.05, 4.69) is 38.8 Å². The average Bonchev–Trinajstić information content (AvgIpc) is 2.33. The molecule has 0 spiro atoms. The topological polar surface area (TPSA) is 23.5 Å². The summed E-state index contributed by atoms with van der Waals surface area (Å²) < 4.78 is 0. The van der Waals surface area contributed by atoms with E-state index in [1.165, 1.54) is 17.5 Å². The van der Waals surface area contributed by atoms with Gasteiger partial charge in [-0.3, -0.25) is 0 Å². The highest BCUT2D eigenvalue weighted by Gasteiger charge is 2.50. The van der Waals surface area contributed by atoms with Crippen LogP contribution in [0.1, 0.15) is 44.2 Å². The first kappa shape index (κ1) is 12.0. The van der Waals surface area contributed by atoms with Gasteiger partial charge in [0.25, 0.3) is 0 Å². The predicted molar refractivity (Wildman–Crippen MR) is 74.1 cm³/mol. The van der Waals surface area contributed by atoms with Crippen LogP contribution >= 0.6 is 0 Å². The smallest absolute Gasteiger partial charge is 0.115 e. The van der Waals surface area contributed by atoms with E-state index in [0.717, 1.165) is 6.54 Å². The average molecular weight is 245 g/mol. The van der Waals surface area contributed by atoms with Crippen molar-refractivity contribution in [1.82, 2.24) is 4.90 Å². The van der Waals surface area contributed by atoms with Crippen LogP contribution in [-0.4, -0.2) is 29.6 Å². The molecule has 1 aliphatic carbocycles. The van der Waals surface area contributed by atoms with Crippen molar-refractivity contribution in [1.29, 1.82) is 0 Å². The van der Waals surface area contributed by atoms with Gasteiger partial charge in [-0.15, -0.1) is 0 Å². The molecule has 2 aliphatic rings. The van der Waals surface area contributed by atoms with Crippen LogP contribution in [0.5, 0.6) is 5.75 Å². The summed E-state index contributed by atoms with van der Waals surface area (Å²) in [5.74, 6) is 1.60. The van der Waals surface area contributed by atoms with Crippen molar-refractivity contribution >= 4 is 0 Å². The third kappa shape index (κ3) is 1.38. The minimum absolute atomic E-state index is 0.220. The van der Waals surface area contributed by atoms with Gasteiger partial charge in [-0.1, -0.05) is 26.8 Å². The zero-order chi connectivity index (χ0) is 13.1. The molecule has 2 heteroatoms. The maximum absolute atomic E-state index is 9.81. The van der Waals surface area contributed by atoms with Crippen molar-refractivity contribution in [3.63, 3.8) is 0 Å². The van der Waals surface area contributed by atoms with E-state index < -0.39 is 0 Å². The van der Waals surface area contributed by atoms with E-state index in [1.807, 2.05) is 12.1 Å². The Balaban J connectivity index is 2.22. The van der Waals surface area contributed by atoms with Crippen molar-refractivity contribution < 1.29 is 5.11 Å². The number of nitrogens with zero attached hydrogens (tertiary/aromatic N) is 1. The zero-order valence-corrected chi connectivity index (χ0v) is 11.8. The third-order valence-electron chi connectivity index (χ3n) is 5.67. The Morgan fingerprint density at radius 3 is 2.78 bits per heavy atom. The van der Waals surface area contributed by atoms with Crippen LogP contribution in [-0.2, 0) is 5.41 Å². The normalized spacial score (nSPS) is 39.4. The fourth-order valence-electron chi connectivity index (χ4n) is 4.36. The molecule has 0 amide bonds. The fraction of sp³-hybridized carbons (Fsp3) is 0.625. The molecule has 1 N–H and O–H groups in total. The lowest BCUT2D eigenvalue weighted by atomic mass is 9.56. The second kappa shape index (κ2) is 3.74. The second-order valence-corrected chi connectivity index (χ2v) is 6.49. The predicted octanol–water partition coefficient (Wildman–Crippen LogP) is 3.11. The highest BCUT2D eigenvalue weighted by Crippen LogP contribution is 2.52. The van der Waals surface area contributed by atoms with Gasteiger partial charge < -0.3 is 10.0 Å². The van der Waals surface area contributed by atoms with Crippen LogP contribution < -0.4 is 0 Å². The maximum Gasteiger partial charge on any atom is 0.115 e. The molecule has 2 bridgehead atoms. The summed E-state index contributed by atoms with van der Waals surface area (Å²) in [6, 6.07) is 6.60. The van der Waals surface area contributed by atoms with Crippen LogP contribution in [0.3, 0.4) is 0 Å². The summed E-state index contributed by atoms with van der Waals surface area (Å²) in [5.41, 5.74) is 3.04. The molecule has 98 valence electrons. The molecule has 4 atom stereocenters. The van der Waals surface area contributed by atoms with Crippen molar-refractivity contribution in [3.8, 4) is 5.75 Å². The monoisotopic (exact) mass is 245 g/mol. The number of rotatable bonds is 0. The summed E-state index contributed by atoms with van der Waals surface area (Å²) in [5, 5.41) is 9.81. The molecule has 0 unspecified atom stereocenters. The summed E-state index contributed by atoms with van der Waals surface area (Å²) in [4.78, 5) is 2.52. The Morgan fingerprint density at radius 1 is 1.33 bits per heavy atom. The van der Waals surface area contributed by atoms with Gasteiger partial charge in [-0.25, -0.2) is 0 Å². The van der Waals surface area contributed by atoms with Gasteiger partial charge in [0, 0.05) is 6.04 Å². The van der Waals surface area contributed by atoms with Crippen molar-refractivity contribution in [2.75, 3.05) is 13.6 Å². The Labute approximate surface area is 110 Å². The SMILES string of the molecule is C[C@@H]1c2ccc(O)cc2[C@@]2(C)CCN(C)[C@H]1[C@@H]2C. The molecule has 1 saturated heterocycles. The van der Waals surface area contributed by atoms with Gasteiger partial charge >= 0.3 is 0 Å². The highest BCUT2D eigenvalue weighted by atomic mass is 16.3. The van der Waals surface area contributed by atoms with E-state index in [9.17, 15) is 5.11 Å². The molecule has 1 aromatic carbocycles. The van der Waals surface area contributed by atoms with Gasteiger partial charge in [-0.2, -0.15) is 0 Å². The van der Waals surface area contributed by atoms with Crippen molar-refractivity contribution in [3.05, 3.63) is 29.3 Å². The number of phenols is 1. The van der Waals surface area contributed by atoms with E-state index >= 15 is 0 Å². The summed E-state index contributed by atoms with van der Waals surface area (Å²) in [6.07, 6.45) is 1.18. The van der Waals surface area contributed by atoms with Crippen LogP contribution in [0.4, 0.5) is 0 Å².